The van der Waals surface area contributed by atoms with Gasteiger partial charge in [0.25, 0.3) is 5.91 Å². The Bertz CT molecular complexity index is 826. The van der Waals surface area contributed by atoms with Crippen LogP contribution in [0.5, 0.6) is 0 Å². The quantitative estimate of drug-likeness (QED) is 0.886. The van der Waals surface area contributed by atoms with Gasteiger partial charge in [-0.15, -0.1) is 0 Å². The molecule has 2 heterocycles. The second-order valence-electron chi connectivity index (χ2n) is 6.34. The second kappa shape index (κ2) is 7.81. The van der Waals surface area contributed by atoms with Gasteiger partial charge in [0.05, 0.1) is 11.3 Å². The number of likely N-dealkylation sites (tertiary alicyclic amines) is 1. The van der Waals surface area contributed by atoms with Crippen LogP contribution in [0.1, 0.15) is 35.3 Å². The normalized spacial score (nSPS) is 14.9. The number of hydrogen-bond donors (Lipinski definition) is 1. The minimum Gasteiger partial charge on any atom is -0.339 e. The summed E-state index contributed by atoms with van der Waals surface area (Å²) in [5.74, 6) is -0.727. The topological polar surface area (TPSA) is 67.2 Å². The molecule has 0 saturated carbocycles. The van der Waals surface area contributed by atoms with Gasteiger partial charge in [0.2, 0.25) is 5.91 Å². The molecule has 2 amide bonds. The fourth-order valence-electron chi connectivity index (χ4n) is 2.98. The summed E-state index contributed by atoms with van der Waals surface area (Å²) in [6.45, 7) is 0.964. The molecule has 1 fully saturated rings. The largest absolute Gasteiger partial charge is 0.435 e. The molecule has 1 saturated heterocycles. The zero-order valence-corrected chi connectivity index (χ0v) is 14.5. The lowest BCUT2D eigenvalue weighted by Gasteiger charge is -2.27. The van der Waals surface area contributed by atoms with E-state index in [1.54, 1.807) is 29.2 Å². The number of halogens is 3. The highest BCUT2D eigenvalue weighted by molar-refractivity contribution is 6.03. The fraction of sp³-hybridized carbons (Fsp3) is 0.389. The maximum Gasteiger partial charge on any atom is 0.435 e. The molecular weight excluding hydrogens is 361 g/mol. The van der Waals surface area contributed by atoms with Crippen LogP contribution >= 0.6 is 0 Å². The van der Waals surface area contributed by atoms with Crippen LogP contribution in [0.2, 0.25) is 0 Å². The molecule has 27 heavy (non-hydrogen) atoms. The molecule has 1 aliphatic heterocycles. The lowest BCUT2D eigenvalue weighted by Crippen LogP contribution is -2.36. The molecule has 1 aliphatic rings. The van der Waals surface area contributed by atoms with Gasteiger partial charge in [0.1, 0.15) is 6.54 Å². The average Bonchev–Trinajstić information content (AvgIpc) is 3.11. The number of nitrogens with zero attached hydrogens (tertiary/aromatic N) is 3. The highest BCUT2D eigenvalue weighted by Gasteiger charge is 2.33. The summed E-state index contributed by atoms with van der Waals surface area (Å²) in [6.07, 6.45) is -0.490. The second-order valence-corrected chi connectivity index (χ2v) is 6.34. The molecule has 0 aliphatic carbocycles. The number of piperidine rings is 1. The molecule has 3 rings (SSSR count). The molecule has 2 aromatic rings. The average molecular weight is 380 g/mol. The fourth-order valence-corrected chi connectivity index (χ4v) is 2.98. The summed E-state index contributed by atoms with van der Waals surface area (Å²) in [5, 5.41) is 5.95. The molecule has 0 unspecified atom stereocenters. The molecule has 6 nitrogen and oxygen atoms in total. The minimum atomic E-state index is -4.56. The van der Waals surface area contributed by atoms with Crippen molar-refractivity contribution < 1.29 is 22.8 Å². The molecule has 1 N–H and O–H groups in total. The zero-order chi connectivity index (χ0) is 19.4. The van der Waals surface area contributed by atoms with Gasteiger partial charge in [-0.2, -0.15) is 18.3 Å². The first-order valence-electron chi connectivity index (χ1n) is 8.63. The molecule has 0 bridgehead atoms. The number of carbonyl (C=O) groups excluding carboxylic acids is 2. The summed E-state index contributed by atoms with van der Waals surface area (Å²) in [6, 6.07) is 7.41. The Balaban J connectivity index is 1.69. The number of amides is 2. The van der Waals surface area contributed by atoms with E-state index in [1.165, 1.54) is 0 Å². The van der Waals surface area contributed by atoms with Crippen molar-refractivity contribution in [3.63, 3.8) is 0 Å². The summed E-state index contributed by atoms with van der Waals surface area (Å²) in [4.78, 5) is 26.7. The van der Waals surface area contributed by atoms with Crippen LogP contribution in [0.25, 0.3) is 0 Å². The number of hydrogen-bond acceptors (Lipinski definition) is 3. The number of aromatic nitrogens is 2. The van der Waals surface area contributed by atoms with Crippen molar-refractivity contribution >= 4 is 17.5 Å². The van der Waals surface area contributed by atoms with Gasteiger partial charge < -0.3 is 10.2 Å². The minimum absolute atomic E-state index is 0.163. The van der Waals surface area contributed by atoms with E-state index in [4.69, 9.17) is 0 Å². The molecule has 144 valence electrons. The predicted molar refractivity (Wildman–Crippen MR) is 92.1 cm³/mol. The lowest BCUT2D eigenvalue weighted by atomic mass is 10.1. The van der Waals surface area contributed by atoms with Crippen molar-refractivity contribution in [3.05, 3.63) is 47.8 Å². The van der Waals surface area contributed by atoms with Crippen LogP contribution in [-0.4, -0.2) is 39.6 Å². The van der Waals surface area contributed by atoms with Crippen molar-refractivity contribution in [2.45, 2.75) is 32.0 Å². The first-order chi connectivity index (χ1) is 12.8. The van der Waals surface area contributed by atoms with E-state index < -0.39 is 17.8 Å². The van der Waals surface area contributed by atoms with Crippen molar-refractivity contribution in [1.82, 2.24) is 14.7 Å². The molecule has 9 heteroatoms. The van der Waals surface area contributed by atoms with Crippen LogP contribution < -0.4 is 5.32 Å². The molecule has 1 aromatic heterocycles. The summed E-state index contributed by atoms with van der Waals surface area (Å²) in [7, 11) is 0. The standard InChI is InChI=1S/C18H19F3N4O2/c19-18(20,21)15-8-11-25(23-15)12-16(26)22-14-7-3-2-6-13(14)17(27)24-9-4-1-5-10-24/h2-3,6-8,11H,1,4-5,9-10,12H2,(H,22,26). The van der Waals surface area contributed by atoms with Crippen molar-refractivity contribution in [3.8, 4) is 0 Å². The van der Waals surface area contributed by atoms with Crippen molar-refractivity contribution in [1.29, 1.82) is 0 Å². The van der Waals surface area contributed by atoms with Gasteiger partial charge in [-0.05, 0) is 37.5 Å². The monoisotopic (exact) mass is 380 g/mol. The van der Waals surface area contributed by atoms with Crippen LogP contribution in [0.4, 0.5) is 18.9 Å². The van der Waals surface area contributed by atoms with Crippen molar-refractivity contribution in [2.24, 2.45) is 0 Å². The van der Waals surface area contributed by atoms with Gasteiger partial charge in [-0.1, -0.05) is 12.1 Å². The van der Waals surface area contributed by atoms with Gasteiger partial charge in [0.15, 0.2) is 5.69 Å². The zero-order valence-electron chi connectivity index (χ0n) is 14.5. The maximum atomic E-state index is 12.7. The van der Waals surface area contributed by atoms with E-state index in [0.29, 0.717) is 24.3 Å². The maximum absolute atomic E-state index is 12.7. The predicted octanol–water partition coefficient (Wildman–Crippen LogP) is 3.17. The first-order valence-corrected chi connectivity index (χ1v) is 8.63. The van der Waals surface area contributed by atoms with Crippen LogP contribution in [0.15, 0.2) is 36.5 Å². The van der Waals surface area contributed by atoms with Gasteiger partial charge >= 0.3 is 6.18 Å². The number of anilines is 1. The van der Waals surface area contributed by atoms with Gasteiger partial charge in [-0.25, -0.2) is 0 Å². The summed E-state index contributed by atoms with van der Waals surface area (Å²) in [5.41, 5.74) is -0.360. The highest BCUT2D eigenvalue weighted by atomic mass is 19.4. The molecule has 0 atom stereocenters. The molecule has 0 radical (unpaired) electrons. The summed E-state index contributed by atoms with van der Waals surface area (Å²) >= 11 is 0. The Morgan fingerprint density at radius 3 is 2.44 bits per heavy atom. The smallest absolute Gasteiger partial charge is 0.339 e. The van der Waals surface area contributed by atoms with E-state index in [9.17, 15) is 22.8 Å². The number of nitrogens with one attached hydrogen (secondary N) is 1. The Morgan fingerprint density at radius 1 is 1.07 bits per heavy atom. The van der Waals surface area contributed by atoms with Gasteiger partial charge in [-0.3, -0.25) is 14.3 Å². The Labute approximate surface area is 154 Å². The lowest BCUT2D eigenvalue weighted by molar-refractivity contribution is -0.141. The molecular formula is C18H19F3N4O2. The third-order valence-electron chi connectivity index (χ3n) is 4.31. The highest BCUT2D eigenvalue weighted by Crippen LogP contribution is 2.27. The number of carbonyl (C=O) groups is 2. The third-order valence-corrected chi connectivity index (χ3v) is 4.31. The van der Waals surface area contributed by atoms with E-state index >= 15 is 0 Å². The van der Waals surface area contributed by atoms with E-state index in [1.807, 2.05) is 0 Å². The summed E-state index contributed by atoms with van der Waals surface area (Å²) < 4.78 is 38.7. The Hall–Kier alpha value is -2.84. The van der Waals surface area contributed by atoms with E-state index in [2.05, 4.69) is 10.4 Å². The third kappa shape index (κ3) is 4.66. The number of para-hydroxylation sites is 1. The van der Waals surface area contributed by atoms with Crippen molar-refractivity contribution in [2.75, 3.05) is 18.4 Å². The first kappa shape index (κ1) is 18.9. The Kier molecular flexibility index (Phi) is 5.48. The van der Waals surface area contributed by atoms with E-state index in [0.717, 1.165) is 36.2 Å². The van der Waals surface area contributed by atoms with Crippen LogP contribution in [0, 0.1) is 0 Å². The number of rotatable bonds is 4. The molecule has 0 spiro atoms. The SMILES string of the molecule is O=C(Cn1ccc(C(F)(F)F)n1)Nc1ccccc1C(=O)N1CCCCC1. The van der Waals surface area contributed by atoms with E-state index in [-0.39, 0.29) is 12.5 Å². The number of benzene rings is 1. The van der Waals surface area contributed by atoms with Crippen LogP contribution in [0.3, 0.4) is 0 Å². The number of alkyl halides is 3. The van der Waals surface area contributed by atoms with Crippen LogP contribution in [-0.2, 0) is 17.5 Å². The van der Waals surface area contributed by atoms with Gasteiger partial charge in [0, 0.05) is 19.3 Å². The molecule has 1 aromatic carbocycles. The Morgan fingerprint density at radius 2 is 1.78 bits per heavy atom.